The molecule has 3 fully saturated rings. The Morgan fingerprint density at radius 2 is 1.67 bits per heavy atom. The number of piperazine rings is 2. The number of likely N-dealkylation sites (tertiary alicyclic amines) is 2. The van der Waals surface area contributed by atoms with E-state index in [1.165, 1.54) is 0 Å². The van der Waals surface area contributed by atoms with Crippen molar-refractivity contribution in [2.45, 2.75) is 57.3 Å². The predicted octanol–water partition coefficient (Wildman–Crippen LogP) is 4.26. The monoisotopic (exact) mass is 733 g/mol. The van der Waals surface area contributed by atoms with Crippen LogP contribution in [0.2, 0.25) is 10.0 Å². The molecule has 0 saturated carbocycles. The van der Waals surface area contributed by atoms with Crippen LogP contribution in [0.4, 0.5) is 0 Å². The fraction of sp³-hybridized carbons (Fsp3) is 0.421. The normalized spacial score (nSPS) is 21.3. The van der Waals surface area contributed by atoms with Gasteiger partial charge in [-0.1, -0.05) is 81.9 Å². The summed E-state index contributed by atoms with van der Waals surface area (Å²) < 4.78 is 0. The summed E-state index contributed by atoms with van der Waals surface area (Å²) in [6, 6.07) is 20.3. The highest BCUT2D eigenvalue weighted by Crippen LogP contribution is 2.34. The number of rotatable bonds is 11. The molecule has 11 nitrogen and oxygen atoms in total. The number of hydrogen-bond acceptors (Lipinski definition) is 7. The van der Waals surface area contributed by atoms with Gasteiger partial charge in [0, 0.05) is 63.3 Å². The van der Waals surface area contributed by atoms with Crippen molar-refractivity contribution in [1.82, 2.24) is 24.9 Å². The number of fused-ring (bicyclic) bond motifs is 2. The van der Waals surface area contributed by atoms with Crippen LogP contribution < -0.4 is 11.1 Å². The molecule has 3 amide bonds. The van der Waals surface area contributed by atoms with Crippen LogP contribution in [-0.4, -0.2) is 112 Å². The van der Waals surface area contributed by atoms with Crippen molar-refractivity contribution in [3.05, 3.63) is 105 Å². The van der Waals surface area contributed by atoms with Gasteiger partial charge in [0.15, 0.2) is 5.84 Å². The molecule has 13 heteroatoms. The number of aryl methyl sites for hydroxylation is 2. The van der Waals surface area contributed by atoms with E-state index in [1.54, 1.807) is 12.1 Å². The highest BCUT2D eigenvalue weighted by Gasteiger charge is 2.46. The number of nitrogens with zero attached hydrogens (tertiary/aromatic N) is 5. The number of hydrogen-bond donors (Lipinski definition) is 3. The average Bonchev–Trinajstić information content (AvgIpc) is 3.74. The molecule has 270 valence electrons. The van der Waals surface area contributed by atoms with E-state index in [0.29, 0.717) is 67.7 Å². The largest absolute Gasteiger partial charge is 0.409 e. The summed E-state index contributed by atoms with van der Waals surface area (Å²) in [6.07, 6.45) is 1.65. The van der Waals surface area contributed by atoms with Gasteiger partial charge >= 0.3 is 0 Å². The minimum atomic E-state index is -0.527. The van der Waals surface area contributed by atoms with E-state index in [0.717, 1.165) is 28.7 Å². The molecule has 4 N–H and O–H groups in total. The Bertz CT molecular complexity index is 1770. The molecular weight excluding hydrogens is 689 g/mol. The van der Waals surface area contributed by atoms with E-state index >= 15 is 0 Å². The van der Waals surface area contributed by atoms with Crippen LogP contribution in [-0.2, 0) is 16.0 Å². The summed E-state index contributed by atoms with van der Waals surface area (Å²) in [5.41, 5.74) is 10.3. The van der Waals surface area contributed by atoms with Crippen molar-refractivity contribution in [1.29, 1.82) is 0 Å². The first-order valence-electron chi connectivity index (χ1n) is 17.4. The van der Waals surface area contributed by atoms with Gasteiger partial charge in [-0.3, -0.25) is 24.6 Å². The maximum absolute atomic E-state index is 13.9. The third-order valence-electron chi connectivity index (χ3n) is 10.3. The smallest absolute Gasteiger partial charge is 0.254 e. The highest BCUT2D eigenvalue weighted by atomic mass is 35.5. The molecule has 3 heterocycles. The maximum atomic E-state index is 13.9. The SMILES string of the molecule is Cc1cc(C)cc(C(=O)N2CCN(C(=O)CCN3C[C@@H]4C[C@H]3CN4C(=O)[C@@H](Cc3ccccc3)NC/C(N)=N\O)[C@H](c3ccc(Cl)c(Cl)c3)C2)c1. The Morgan fingerprint density at radius 1 is 0.922 bits per heavy atom. The molecule has 51 heavy (non-hydrogen) atoms. The number of oxime groups is 1. The fourth-order valence-corrected chi connectivity index (χ4v) is 8.09. The lowest BCUT2D eigenvalue weighted by Gasteiger charge is -2.42. The Balaban J connectivity index is 1.09. The number of amidine groups is 1. The standard InChI is InChI=1S/C38H45Cl2N7O4/c1-24-14-25(2)16-28(15-24)37(49)45-12-13-46(34(23-45)27-8-9-31(39)32(40)18-27)36(48)10-11-44-21-30-19-29(44)22-47(30)38(50)33(42-20-35(41)43-51)17-26-6-4-3-5-7-26/h3-9,14-16,18,29-30,33-34,42,51H,10-13,17,19-23H2,1-2H3,(H2,41,43)/t29-,30-,33+,34-/m0/s1. The molecule has 3 aromatic carbocycles. The van der Waals surface area contributed by atoms with E-state index in [2.05, 4.69) is 15.4 Å². The number of nitrogens with two attached hydrogens (primary N) is 1. The zero-order valence-electron chi connectivity index (χ0n) is 29.0. The lowest BCUT2D eigenvalue weighted by atomic mass is 10.00. The molecule has 0 spiro atoms. The Morgan fingerprint density at radius 3 is 2.33 bits per heavy atom. The van der Waals surface area contributed by atoms with Crippen LogP contribution in [0.5, 0.6) is 0 Å². The molecular formula is C38H45Cl2N7O4. The van der Waals surface area contributed by atoms with Crippen LogP contribution in [0.3, 0.4) is 0 Å². The quantitative estimate of drug-likeness (QED) is 0.116. The van der Waals surface area contributed by atoms with Gasteiger partial charge in [0.05, 0.1) is 28.7 Å². The minimum Gasteiger partial charge on any atom is -0.409 e. The van der Waals surface area contributed by atoms with Gasteiger partial charge in [0.25, 0.3) is 5.91 Å². The molecule has 0 radical (unpaired) electrons. The van der Waals surface area contributed by atoms with Crippen molar-refractivity contribution in [3.8, 4) is 0 Å². The lowest BCUT2D eigenvalue weighted by Crippen LogP contribution is -2.56. The van der Waals surface area contributed by atoms with E-state index in [4.69, 9.17) is 34.1 Å². The second kappa shape index (κ2) is 16.0. The second-order valence-electron chi connectivity index (χ2n) is 13.9. The van der Waals surface area contributed by atoms with Gasteiger partial charge in [-0.15, -0.1) is 0 Å². The number of halogens is 2. The Kier molecular flexibility index (Phi) is 11.5. The molecule has 3 saturated heterocycles. The van der Waals surface area contributed by atoms with Crippen molar-refractivity contribution < 1.29 is 19.6 Å². The third-order valence-corrected chi connectivity index (χ3v) is 11.0. The average molecular weight is 735 g/mol. The maximum Gasteiger partial charge on any atom is 0.254 e. The summed E-state index contributed by atoms with van der Waals surface area (Å²) in [4.78, 5) is 49.4. The highest BCUT2D eigenvalue weighted by molar-refractivity contribution is 6.42. The van der Waals surface area contributed by atoms with Crippen LogP contribution in [0.1, 0.15) is 51.5 Å². The molecule has 0 aliphatic carbocycles. The van der Waals surface area contributed by atoms with E-state index in [1.807, 2.05) is 83.1 Å². The molecule has 3 aromatic rings. The lowest BCUT2D eigenvalue weighted by molar-refractivity contribution is -0.138. The van der Waals surface area contributed by atoms with Gasteiger partial charge in [-0.2, -0.15) is 0 Å². The van der Waals surface area contributed by atoms with Crippen LogP contribution >= 0.6 is 23.2 Å². The number of benzene rings is 3. The van der Waals surface area contributed by atoms with Crippen molar-refractivity contribution in [2.24, 2.45) is 10.9 Å². The molecule has 0 aromatic heterocycles. The van der Waals surface area contributed by atoms with Crippen molar-refractivity contribution in [2.75, 3.05) is 45.8 Å². The number of nitrogens with one attached hydrogen (secondary N) is 1. The summed E-state index contributed by atoms with van der Waals surface area (Å²) in [5, 5.41) is 16.1. The minimum absolute atomic E-state index is 0.00877. The van der Waals surface area contributed by atoms with E-state index < -0.39 is 6.04 Å². The second-order valence-corrected chi connectivity index (χ2v) is 14.7. The Labute approximate surface area is 308 Å². The predicted molar refractivity (Wildman–Crippen MR) is 198 cm³/mol. The number of amides is 3. The van der Waals surface area contributed by atoms with Crippen LogP contribution in [0.15, 0.2) is 71.9 Å². The van der Waals surface area contributed by atoms with Gasteiger partial charge in [-0.25, -0.2) is 0 Å². The first kappa shape index (κ1) is 36.6. The van der Waals surface area contributed by atoms with Gasteiger partial charge in [-0.05, 0) is 62.1 Å². The first-order chi connectivity index (χ1) is 24.5. The summed E-state index contributed by atoms with van der Waals surface area (Å²) in [6.45, 7) is 7.07. The number of carbonyl (C=O) groups excluding carboxylic acids is 3. The third kappa shape index (κ3) is 8.49. The van der Waals surface area contributed by atoms with Crippen molar-refractivity contribution >= 4 is 46.8 Å². The van der Waals surface area contributed by atoms with E-state index in [9.17, 15) is 14.4 Å². The summed E-state index contributed by atoms with van der Waals surface area (Å²) in [7, 11) is 0. The fourth-order valence-electron chi connectivity index (χ4n) is 7.79. The summed E-state index contributed by atoms with van der Waals surface area (Å²) in [5.74, 6) is -0.0474. The summed E-state index contributed by atoms with van der Waals surface area (Å²) >= 11 is 12.7. The first-order valence-corrected chi connectivity index (χ1v) is 18.2. The van der Waals surface area contributed by atoms with Gasteiger partial charge < -0.3 is 25.6 Å². The van der Waals surface area contributed by atoms with E-state index in [-0.39, 0.29) is 48.2 Å². The van der Waals surface area contributed by atoms with Crippen molar-refractivity contribution in [3.63, 3.8) is 0 Å². The molecule has 6 rings (SSSR count). The molecule has 3 aliphatic heterocycles. The number of carbonyl (C=O) groups is 3. The Hall–Kier alpha value is -4.16. The molecule has 4 atom stereocenters. The van der Waals surface area contributed by atoms with Crippen LogP contribution in [0, 0.1) is 13.8 Å². The zero-order chi connectivity index (χ0) is 36.2. The molecule has 0 unspecified atom stereocenters. The topological polar surface area (TPSA) is 135 Å². The zero-order valence-corrected chi connectivity index (χ0v) is 30.5. The van der Waals surface area contributed by atoms with Crippen LogP contribution in [0.25, 0.3) is 0 Å². The van der Waals surface area contributed by atoms with Gasteiger partial charge in [0.2, 0.25) is 11.8 Å². The molecule has 3 aliphatic rings. The van der Waals surface area contributed by atoms with Gasteiger partial charge in [0.1, 0.15) is 0 Å². The molecule has 2 bridgehead atoms.